The van der Waals surface area contributed by atoms with Crippen molar-refractivity contribution >= 4 is 16.9 Å². The first kappa shape index (κ1) is 6.93. The Bertz CT molecular complexity index is 394. The maximum Gasteiger partial charge on any atom is 0.164 e. The highest BCUT2D eigenvalue weighted by Crippen LogP contribution is 2.14. The lowest BCUT2D eigenvalue weighted by atomic mass is 10.3. The summed E-state index contributed by atoms with van der Waals surface area (Å²) in [4.78, 5) is 12.0. The van der Waals surface area contributed by atoms with Crippen LogP contribution in [0.15, 0.2) is 24.7 Å². The lowest BCUT2D eigenvalue weighted by molar-refractivity contribution is 1.15. The first-order valence-electron chi connectivity index (χ1n) is 3.44. The maximum absolute atomic E-state index is 5.25. The van der Waals surface area contributed by atoms with E-state index in [9.17, 15) is 0 Å². The van der Waals surface area contributed by atoms with E-state index < -0.39 is 0 Å². The molecule has 2 aromatic heterocycles. The van der Waals surface area contributed by atoms with E-state index in [1.165, 1.54) is 6.33 Å². The molecule has 60 valence electrons. The van der Waals surface area contributed by atoms with E-state index in [4.69, 9.17) is 5.84 Å². The van der Waals surface area contributed by atoms with E-state index >= 15 is 0 Å². The molecule has 5 heteroatoms. The Hall–Kier alpha value is -1.75. The van der Waals surface area contributed by atoms with Gasteiger partial charge in [-0.3, -0.25) is 0 Å². The SMILES string of the molecule is NNc1ncnc2ncccc12. The molecule has 0 radical (unpaired) electrons. The topological polar surface area (TPSA) is 76.7 Å². The fourth-order valence-electron chi connectivity index (χ4n) is 1.01. The van der Waals surface area contributed by atoms with Gasteiger partial charge in [-0.1, -0.05) is 0 Å². The van der Waals surface area contributed by atoms with Gasteiger partial charge in [0.15, 0.2) is 11.5 Å². The van der Waals surface area contributed by atoms with Gasteiger partial charge in [0, 0.05) is 6.20 Å². The number of anilines is 1. The predicted molar refractivity (Wildman–Crippen MR) is 45.1 cm³/mol. The summed E-state index contributed by atoms with van der Waals surface area (Å²) in [5.74, 6) is 5.84. The van der Waals surface area contributed by atoms with Crippen molar-refractivity contribution < 1.29 is 0 Å². The van der Waals surface area contributed by atoms with E-state index in [2.05, 4.69) is 20.4 Å². The van der Waals surface area contributed by atoms with Crippen LogP contribution in [0.1, 0.15) is 0 Å². The molecule has 2 heterocycles. The van der Waals surface area contributed by atoms with Crippen molar-refractivity contribution in [2.45, 2.75) is 0 Å². The normalized spacial score (nSPS) is 10.1. The van der Waals surface area contributed by atoms with Gasteiger partial charge in [0.1, 0.15) is 6.33 Å². The minimum Gasteiger partial charge on any atom is -0.308 e. The zero-order valence-corrected chi connectivity index (χ0v) is 6.23. The highest BCUT2D eigenvalue weighted by molar-refractivity contribution is 5.85. The number of hydrogen-bond donors (Lipinski definition) is 2. The lowest BCUT2D eigenvalue weighted by Crippen LogP contribution is -2.09. The molecule has 0 aliphatic carbocycles. The van der Waals surface area contributed by atoms with Crippen LogP contribution in [0.2, 0.25) is 0 Å². The molecule has 0 fully saturated rings. The molecule has 0 spiro atoms. The average Bonchev–Trinajstić information content (AvgIpc) is 2.17. The molecule has 0 saturated carbocycles. The third kappa shape index (κ3) is 0.960. The van der Waals surface area contributed by atoms with Gasteiger partial charge >= 0.3 is 0 Å². The Morgan fingerprint density at radius 2 is 2.17 bits per heavy atom. The molecule has 0 saturated heterocycles. The minimum atomic E-state index is 0.591. The first-order chi connectivity index (χ1) is 5.92. The third-order valence-electron chi connectivity index (χ3n) is 1.55. The number of aromatic nitrogens is 3. The van der Waals surface area contributed by atoms with Crippen LogP contribution in [0.25, 0.3) is 11.0 Å². The van der Waals surface area contributed by atoms with Crippen molar-refractivity contribution in [2.24, 2.45) is 5.84 Å². The fourth-order valence-corrected chi connectivity index (χ4v) is 1.01. The molecule has 3 N–H and O–H groups in total. The Morgan fingerprint density at radius 3 is 3.00 bits per heavy atom. The van der Waals surface area contributed by atoms with Crippen molar-refractivity contribution in [3.05, 3.63) is 24.7 Å². The monoisotopic (exact) mass is 161 g/mol. The number of hydrazine groups is 1. The molecule has 0 bridgehead atoms. The van der Waals surface area contributed by atoms with Crippen LogP contribution in [0.4, 0.5) is 5.82 Å². The third-order valence-corrected chi connectivity index (χ3v) is 1.55. The second-order valence-corrected chi connectivity index (χ2v) is 2.24. The number of rotatable bonds is 1. The molecule has 0 aromatic carbocycles. The van der Waals surface area contributed by atoms with Crippen LogP contribution in [-0.4, -0.2) is 15.0 Å². The summed E-state index contributed by atoms with van der Waals surface area (Å²) >= 11 is 0. The summed E-state index contributed by atoms with van der Waals surface area (Å²) in [6.07, 6.45) is 3.10. The Labute approximate surface area is 68.6 Å². The van der Waals surface area contributed by atoms with Gasteiger partial charge in [0.25, 0.3) is 0 Å². The minimum absolute atomic E-state index is 0.591. The first-order valence-corrected chi connectivity index (χ1v) is 3.44. The number of nitrogens with two attached hydrogens (primary N) is 1. The van der Waals surface area contributed by atoms with Gasteiger partial charge in [-0.05, 0) is 12.1 Å². The van der Waals surface area contributed by atoms with Gasteiger partial charge in [-0.25, -0.2) is 20.8 Å². The van der Waals surface area contributed by atoms with Crippen LogP contribution in [0.3, 0.4) is 0 Å². The summed E-state index contributed by atoms with van der Waals surface area (Å²) in [6, 6.07) is 3.67. The Kier molecular flexibility index (Phi) is 1.56. The van der Waals surface area contributed by atoms with E-state index in [-0.39, 0.29) is 0 Å². The molecular formula is C7H7N5. The molecule has 12 heavy (non-hydrogen) atoms. The molecule has 0 aliphatic rings. The largest absolute Gasteiger partial charge is 0.308 e. The Morgan fingerprint density at radius 1 is 1.25 bits per heavy atom. The van der Waals surface area contributed by atoms with Crippen molar-refractivity contribution in [3.8, 4) is 0 Å². The lowest BCUT2D eigenvalue weighted by Gasteiger charge is -2.00. The van der Waals surface area contributed by atoms with Gasteiger partial charge < -0.3 is 5.43 Å². The smallest absolute Gasteiger partial charge is 0.164 e. The van der Waals surface area contributed by atoms with Crippen LogP contribution in [0.5, 0.6) is 0 Å². The summed E-state index contributed by atoms with van der Waals surface area (Å²) in [7, 11) is 0. The number of nitrogen functional groups attached to an aromatic ring is 1. The molecule has 2 aromatic rings. The second kappa shape index (κ2) is 2.71. The van der Waals surface area contributed by atoms with Crippen molar-refractivity contribution in [1.29, 1.82) is 0 Å². The van der Waals surface area contributed by atoms with E-state index in [0.29, 0.717) is 11.5 Å². The zero-order chi connectivity index (χ0) is 8.39. The maximum atomic E-state index is 5.25. The van der Waals surface area contributed by atoms with E-state index in [1.54, 1.807) is 6.20 Å². The summed E-state index contributed by atoms with van der Waals surface area (Å²) < 4.78 is 0. The Balaban J connectivity index is 2.79. The van der Waals surface area contributed by atoms with Gasteiger partial charge in [0.2, 0.25) is 0 Å². The van der Waals surface area contributed by atoms with Crippen molar-refractivity contribution in [1.82, 2.24) is 15.0 Å². The summed E-state index contributed by atoms with van der Waals surface area (Å²) in [6.45, 7) is 0. The molecular weight excluding hydrogens is 154 g/mol. The number of pyridine rings is 1. The number of hydrogen-bond acceptors (Lipinski definition) is 5. The molecule has 0 unspecified atom stereocenters. The van der Waals surface area contributed by atoms with E-state index in [1.807, 2.05) is 12.1 Å². The standard InChI is InChI=1S/C7H7N5/c8-12-7-5-2-1-3-9-6(5)10-4-11-7/h1-4H,8H2,(H,9,10,11,12). The highest BCUT2D eigenvalue weighted by Gasteiger charge is 1.99. The number of nitrogens with one attached hydrogen (secondary N) is 1. The second-order valence-electron chi connectivity index (χ2n) is 2.24. The average molecular weight is 161 g/mol. The molecule has 5 nitrogen and oxygen atoms in total. The zero-order valence-electron chi connectivity index (χ0n) is 6.23. The quantitative estimate of drug-likeness (QED) is 0.465. The van der Waals surface area contributed by atoms with Crippen LogP contribution >= 0.6 is 0 Å². The van der Waals surface area contributed by atoms with Crippen molar-refractivity contribution in [3.63, 3.8) is 0 Å². The van der Waals surface area contributed by atoms with Crippen LogP contribution in [0, 0.1) is 0 Å². The van der Waals surface area contributed by atoms with Crippen molar-refractivity contribution in [2.75, 3.05) is 5.43 Å². The summed E-state index contributed by atoms with van der Waals surface area (Å²) in [5.41, 5.74) is 3.12. The van der Waals surface area contributed by atoms with E-state index in [0.717, 1.165) is 5.39 Å². The number of fused-ring (bicyclic) bond motifs is 1. The molecule has 0 atom stereocenters. The number of nitrogens with zero attached hydrogens (tertiary/aromatic N) is 3. The molecule has 0 amide bonds. The fraction of sp³-hybridized carbons (Fsp3) is 0. The van der Waals surface area contributed by atoms with Crippen LogP contribution in [-0.2, 0) is 0 Å². The van der Waals surface area contributed by atoms with Crippen LogP contribution < -0.4 is 11.3 Å². The van der Waals surface area contributed by atoms with Gasteiger partial charge in [-0.15, -0.1) is 0 Å². The summed E-state index contributed by atoms with van der Waals surface area (Å²) in [5, 5.41) is 0.822. The van der Waals surface area contributed by atoms with Gasteiger partial charge in [0.05, 0.1) is 5.39 Å². The van der Waals surface area contributed by atoms with Gasteiger partial charge in [-0.2, -0.15) is 0 Å². The molecule has 0 aliphatic heterocycles. The molecule has 2 rings (SSSR count). The highest BCUT2D eigenvalue weighted by atomic mass is 15.3. The predicted octanol–water partition coefficient (Wildman–Crippen LogP) is 0.310.